The first-order chi connectivity index (χ1) is 13.3. The molecule has 0 saturated carbocycles. The number of esters is 1. The first-order valence-electron chi connectivity index (χ1n) is 9.21. The second-order valence-electron chi connectivity index (χ2n) is 6.90. The molecule has 28 heavy (non-hydrogen) atoms. The summed E-state index contributed by atoms with van der Waals surface area (Å²) in [7, 11) is -3.76. The Morgan fingerprint density at radius 2 is 1.96 bits per heavy atom. The molecule has 1 aliphatic carbocycles. The molecule has 1 aromatic heterocycles. The van der Waals surface area contributed by atoms with Gasteiger partial charge in [-0.3, -0.25) is 4.79 Å². The van der Waals surface area contributed by atoms with E-state index in [4.69, 9.17) is 4.74 Å². The number of sulfone groups is 1. The monoisotopic (exact) mass is 421 g/mol. The molecular formula is C20H23NO5S2. The molecule has 0 spiro atoms. The van der Waals surface area contributed by atoms with E-state index in [2.05, 4.69) is 12.2 Å². The van der Waals surface area contributed by atoms with E-state index in [1.807, 2.05) is 0 Å². The number of ether oxygens (including phenoxy) is 1. The highest BCUT2D eigenvalue weighted by Crippen LogP contribution is 2.40. The molecule has 1 N–H and O–H groups in total. The minimum Gasteiger partial charge on any atom is -0.462 e. The topological polar surface area (TPSA) is 89.5 Å². The minimum absolute atomic E-state index is 0.0927. The molecule has 0 unspecified atom stereocenters. The number of anilines is 1. The van der Waals surface area contributed by atoms with Gasteiger partial charge >= 0.3 is 5.97 Å². The van der Waals surface area contributed by atoms with Gasteiger partial charge in [-0.25, -0.2) is 13.2 Å². The summed E-state index contributed by atoms with van der Waals surface area (Å²) in [5.74, 6) is -1.32. The van der Waals surface area contributed by atoms with Crippen LogP contribution >= 0.6 is 11.3 Å². The van der Waals surface area contributed by atoms with Crippen LogP contribution in [0.2, 0.25) is 0 Å². The van der Waals surface area contributed by atoms with Crippen LogP contribution in [0.1, 0.15) is 41.1 Å². The first-order valence-corrected chi connectivity index (χ1v) is 11.7. The van der Waals surface area contributed by atoms with Gasteiger partial charge in [0.25, 0.3) is 0 Å². The molecule has 0 radical (unpaired) electrons. The number of carbonyl (C=O) groups is 2. The van der Waals surface area contributed by atoms with Gasteiger partial charge in [0.15, 0.2) is 9.84 Å². The lowest BCUT2D eigenvalue weighted by atomic mass is 9.88. The van der Waals surface area contributed by atoms with Gasteiger partial charge in [-0.15, -0.1) is 11.3 Å². The standard InChI is InChI=1S/C20H23NO5S2/c1-3-26-20(23)18-15-10-9-13(2)11-16(15)27-19(18)21-17(22)12-28(24,25)14-7-5-4-6-8-14/h4-8,13H,3,9-12H2,1-2H3,(H,21,22)/t13-/m1/s1. The fraction of sp³-hybridized carbons (Fsp3) is 0.400. The first kappa shape index (κ1) is 20.5. The maximum absolute atomic E-state index is 12.5. The van der Waals surface area contributed by atoms with Crippen LogP contribution in [-0.2, 0) is 32.2 Å². The van der Waals surface area contributed by atoms with Gasteiger partial charge in [0, 0.05) is 4.88 Å². The molecule has 0 fully saturated rings. The van der Waals surface area contributed by atoms with E-state index in [-0.39, 0.29) is 11.5 Å². The molecule has 0 saturated heterocycles. The predicted molar refractivity (Wildman–Crippen MR) is 109 cm³/mol. The number of rotatable bonds is 6. The quantitative estimate of drug-likeness (QED) is 0.722. The summed E-state index contributed by atoms with van der Waals surface area (Å²) in [6, 6.07) is 7.84. The summed E-state index contributed by atoms with van der Waals surface area (Å²) >= 11 is 1.34. The van der Waals surface area contributed by atoms with E-state index < -0.39 is 27.5 Å². The molecule has 8 heteroatoms. The molecular weight excluding hydrogens is 398 g/mol. The molecule has 0 aliphatic heterocycles. The van der Waals surface area contributed by atoms with Crippen LogP contribution in [0.15, 0.2) is 35.2 Å². The Kier molecular flexibility index (Phi) is 6.20. The molecule has 1 amide bonds. The Bertz CT molecular complexity index is 980. The molecule has 6 nitrogen and oxygen atoms in total. The van der Waals surface area contributed by atoms with Crippen molar-refractivity contribution in [1.82, 2.24) is 0 Å². The van der Waals surface area contributed by atoms with Crippen molar-refractivity contribution in [3.05, 3.63) is 46.3 Å². The van der Waals surface area contributed by atoms with E-state index in [0.29, 0.717) is 16.5 Å². The van der Waals surface area contributed by atoms with Crippen LogP contribution in [0.4, 0.5) is 5.00 Å². The van der Waals surface area contributed by atoms with E-state index in [9.17, 15) is 18.0 Å². The van der Waals surface area contributed by atoms with Gasteiger partial charge in [0.2, 0.25) is 5.91 Å². The third-order valence-corrected chi connectivity index (χ3v) is 7.47. The number of hydrogen-bond acceptors (Lipinski definition) is 6. The highest BCUT2D eigenvalue weighted by molar-refractivity contribution is 7.92. The largest absolute Gasteiger partial charge is 0.462 e. The summed E-state index contributed by atoms with van der Waals surface area (Å²) in [6.07, 6.45) is 2.55. The molecule has 1 aromatic carbocycles. The molecule has 3 rings (SSSR count). The number of thiophene rings is 1. The zero-order valence-corrected chi connectivity index (χ0v) is 17.5. The van der Waals surface area contributed by atoms with Crippen molar-refractivity contribution in [3.8, 4) is 0 Å². The zero-order valence-electron chi connectivity index (χ0n) is 15.9. The van der Waals surface area contributed by atoms with Gasteiger partial charge in [-0.1, -0.05) is 25.1 Å². The van der Waals surface area contributed by atoms with Gasteiger partial charge in [-0.05, 0) is 49.8 Å². The van der Waals surface area contributed by atoms with E-state index >= 15 is 0 Å². The lowest BCUT2D eigenvalue weighted by Crippen LogP contribution is -2.23. The number of hydrogen-bond donors (Lipinski definition) is 1. The minimum atomic E-state index is -3.76. The van der Waals surface area contributed by atoms with E-state index in [0.717, 1.165) is 29.7 Å². The second-order valence-corrected chi connectivity index (χ2v) is 9.99. The van der Waals surface area contributed by atoms with Crippen molar-refractivity contribution in [2.24, 2.45) is 5.92 Å². The Morgan fingerprint density at radius 3 is 2.64 bits per heavy atom. The van der Waals surface area contributed by atoms with Crippen molar-refractivity contribution in [1.29, 1.82) is 0 Å². The van der Waals surface area contributed by atoms with Crippen LogP contribution in [0.3, 0.4) is 0 Å². The number of carbonyl (C=O) groups excluding carboxylic acids is 2. The Balaban J connectivity index is 1.85. The smallest absolute Gasteiger partial charge is 0.341 e. The second kappa shape index (κ2) is 8.45. The van der Waals surface area contributed by atoms with Crippen molar-refractivity contribution < 1.29 is 22.7 Å². The molecule has 150 valence electrons. The van der Waals surface area contributed by atoms with E-state index in [1.54, 1.807) is 25.1 Å². The maximum Gasteiger partial charge on any atom is 0.341 e. The molecule has 1 atom stereocenters. The average molecular weight is 422 g/mol. The number of fused-ring (bicyclic) bond motifs is 1. The van der Waals surface area contributed by atoms with Crippen LogP contribution in [0, 0.1) is 5.92 Å². The van der Waals surface area contributed by atoms with Gasteiger partial charge in [0.1, 0.15) is 10.8 Å². The maximum atomic E-state index is 12.5. The fourth-order valence-corrected chi connectivity index (χ4v) is 5.88. The third-order valence-electron chi connectivity index (χ3n) is 4.67. The van der Waals surface area contributed by atoms with Crippen molar-refractivity contribution in [2.75, 3.05) is 17.7 Å². The number of benzene rings is 1. The van der Waals surface area contributed by atoms with Crippen LogP contribution in [0.5, 0.6) is 0 Å². The fourth-order valence-electron chi connectivity index (χ4n) is 3.30. The van der Waals surface area contributed by atoms with Crippen molar-refractivity contribution in [2.45, 2.75) is 38.0 Å². The van der Waals surface area contributed by atoms with Crippen molar-refractivity contribution in [3.63, 3.8) is 0 Å². The summed E-state index contributed by atoms with van der Waals surface area (Å²) in [5.41, 5.74) is 1.29. The van der Waals surface area contributed by atoms with Crippen molar-refractivity contribution >= 4 is 38.1 Å². The average Bonchev–Trinajstić information content (AvgIpc) is 2.98. The van der Waals surface area contributed by atoms with Crippen LogP contribution in [-0.4, -0.2) is 32.7 Å². The van der Waals surface area contributed by atoms with Crippen LogP contribution < -0.4 is 5.32 Å². The summed E-state index contributed by atoms with van der Waals surface area (Å²) in [6.45, 7) is 4.11. The Morgan fingerprint density at radius 1 is 1.25 bits per heavy atom. The number of amides is 1. The normalized spacial score (nSPS) is 16.3. The SMILES string of the molecule is CCOC(=O)c1c(NC(=O)CS(=O)(=O)c2ccccc2)sc2c1CC[C@@H](C)C2. The molecule has 1 heterocycles. The third kappa shape index (κ3) is 4.44. The highest BCUT2D eigenvalue weighted by Gasteiger charge is 2.30. The number of nitrogens with one attached hydrogen (secondary N) is 1. The van der Waals surface area contributed by atoms with Gasteiger partial charge in [0.05, 0.1) is 17.1 Å². The molecule has 0 bridgehead atoms. The van der Waals surface area contributed by atoms with E-state index in [1.165, 1.54) is 23.5 Å². The zero-order chi connectivity index (χ0) is 20.3. The van der Waals surface area contributed by atoms with Crippen LogP contribution in [0.25, 0.3) is 0 Å². The Labute approximate surface area is 168 Å². The molecule has 1 aliphatic rings. The van der Waals surface area contributed by atoms with Gasteiger partial charge < -0.3 is 10.1 Å². The summed E-state index contributed by atoms with van der Waals surface area (Å²) in [4.78, 5) is 26.1. The predicted octanol–water partition coefficient (Wildman–Crippen LogP) is 3.46. The highest BCUT2D eigenvalue weighted by atomic mass is 32.2. The summed E-state index contributed by atoms with van der Waals surface area (Å²) < 4.78 is 30.1. The summed E-state index contributed by atoms with van der Waals surface area (Å²) in [5, 5.41) is 3.03. The Hall–Kier alpha value is -2.19. The lowest BCUT2D eigenvalue weighted by molar-refractivity contribution is -0.113. The molecule has 2 aromatic rings. The lowest BCUT2D eigenvalue weighted by Gasteiger charge is -2.18. The van der Waals surface area contributed by atoms with Gasteiger partial charge in [-0.2, -0.15) is 0 Å².